The normalized spacial score (nSPS) is 51.5. The number of fused-ring (bicyclic) bond motifs is 7. The molecule has 9 fully saturated rings. The highest BCUT2D eigenvalue weighted by Crippen LogP contribution is 2.80. The second kappa shape index (κ2) is 13.1. The predicted octanol–water partition coefficient (Wildman–Crippen LogP) is 5.77. The minimum atomic E-state index is -1.09. The van der Waals surface area contributed by atoms with E-state index in [0.29, 0.717) is 51.4 Å². The van der Waals surface area contributed by atoms with E-state index in [1.165, 1.54) is 14.2 Å². The fourth-order valence-electron chi connectivity index (χ4n) is 16.9. The molecule has 0 unspecified atom stereocenters. The molecule has 8 aliphatic carbocycles. The average Bonchev–Trinajstić information content (AvgIpc) is 4.03. The van der Waals surface area contributed by atoms with Gasteiger partial charge in [0.15, 0.2) is 11.6 Å². The van der Waals surface area contributed by atoms with Gasteiger partial charge in [0, 0.05) is 59.2 Å². The van der Waals surface area contributed by atoms with Gasteiger partial charge in [-0.25, -0.2) is 0 Å². The summed E-state index contributed by atoms with van der Waals surface area (Å²) in [7, 11) is 2.85. The van der Waals surface area contributed by atoms with E-state index in [9.17, 15) is 39.0 Å². The number of rotatable bonds is 5. The van der Waals surface area contributed by atoms with Gasteiger partial charge in [0.2, 0.25) is 0 Å². The van der Waals surface area contributed by atoms with Gasteiger partial charge >= 0.3 is 23.9 Å². The summed E-state index contributed by atoms with van der Waals surface area (Å²) in [4.78, 5) is 73.8. The van der Waals surface area contributed by atoms with Crippen LogP contribution in [-0.4, -0.2) is 94.5 Å². The third kappa shape index (κ3) is 5.11. The fraction of sp³-hybridized carbons (Fsp3) is 0.792. The molecule has 3 saturated heterocycles. The highest BCUT2D eigenvalue weighted by atomic mass is 16.6. The quantitative estimate of drug-likeness (QED) is 0.193. The summed E-state index contributed by atoms with van der Waals surface area (Å²) in [5, 5.41) is 20.9. The van der Waals surface area contributed by atoms with Crippen LogP contribution in [0.2, 0.25) is 0 Å². The van der Waals surface area contributed by atoms with Gasteiger partial charge in [-0.2, -0.15) is 0 Å². The average molecular weight is 847 g/mol. The lowest BCUT2D eigenvalue weighted by Gasteiger charge is -2.58. The zero-order valence-electron chi connectivity index (χ0n) is 36.5. The molecule has 11 aliphatic rings. The Balaban J connectivity index is 0.000000146. The summed E-state index contributed by atoms with van der Waals surface area (Å²) in [5.74, 6) is -1.80. The van der Waals surface area contributed by atoms with Crippen LogP contribution in [0.3, 0.4) is 0 Å². The molecule has 0 aromatic rings. The number of methoxy groups -OCH3 is 2. The largest absolute Gasteiger partial charge is 0.481 e. The standard InChI is InChI=1S/C24H32O7.C24H30O6/c1-21-7-4-14(25)10-13(21)11-15(20(28)30-3)19-16-5-8-23(29,9-6-18(26)27)22(16,2)12-17-24(19,21)31-17;1-21-7-4-14(25)10-13(21)11-15(20(27)28-3)19-16-5-8-23(9-6-18(26)30-23)22(16,2)12-17-24(19,21)29-17/h10,15-17,19,29H,4-9,11-12H2,1-3H3,(H,26,27);10,15-17,19H,4-9,11-12H2,1-3H3/t15-,16+,17-,19+,21+,22+,23+,24-;15-,16+,17-,19+,21+,22+,23-,24-/m11/s1. The molecule has 0 aromatic carbocycles. The Kier molecular flexibility index (Phi) is 8.92. The highest BCUT2D eigenvalue weighted by Gasteiger charge is 2.85. The Morgan fingerprint density at radius 2 is 1.20 bits per heavy atom. The molecule has 16 atom stereocenters. The number of ketones is 2. The maximum atomic E-state index is 13.0. The molecular weight excluding hydrogens is 785 g/mol. The number of carboxylic acids is 1. The van der Waals surface area contributed by atoms with Crippen molar-refractivity contribution < 1.29 is 62.7 Å². The van der Waals surface area contributed by atoms with Crippen molar-refractivity contribution in [2.24, 2.45) is 57.2 Å². The molecule has 3 spiro atoms. The summed E-state index contributed by atoms with van der Waals surface area (Å²) in [6.45, 7) is 8.75. The Hall–Kier alpha value is -3.42. The minimum absolute atomic E-state index is 0.0303. The van der Waals surface area contributed by atoms with Crippen molar-refractivity contribution in [1.82, 2.24) is 0 Å². The molecule has 61 heavy (non-hydrogen) atoms. The van der Waals surface area contributed by atoms with E-state index < -0.39 is 39.7 Å². The maximum absolute atomic E-state index is 13.0. The Morgan fingerprint density at radius 1 is 0.705 bits per heavy atom. The lowest BCUT2D eigenvalue weighted by atomic mass is 9.43. The van der Waals surface area contributed by atoms with E-state index in [1.54, 1.807) is 12.2 Å². The fourth-order valence-corrected chi connectivity index (χ4v) is 16.9. The second-order valence-electron chi connectivity index (χ2n) is 21.9. The van der Waals surface area contributed by atoms with Gasteiger partial charge in [0.05, 0.1) is 43.9 Å². The van der Waals surface area contributed by atoms with Gasteiger partial charge in [0.1, 0.15) is 16.8 Å². The van der Waals surface area contributed by atoms with E-state index in [0.717, 1.165) is 49.7 Å². The van der Waals surface area contributed by atoms with E-state index >= 15 is 0 Å². The number of ether oxygens (including phenoxy) is 5. The van der Waals surface area contributed by atoms with Gasteiger partial charge in [-0.15, -0.1) is 0 Å². The number of hydrogen-bond donors (Lipinski definition) is 2. The van der Waals surface area contributed by atoms with E-state index in [-0.39, 0.29) is 100 Å². The topological polar surface area (TPSA) is 196 Å². The Labute approximate surface area is 357 Å². The molecule has 11 rings (SSSR count). The van der Waals surface area contributed by atoms with E-state index in [2.05, 4.69) is 27.7 Å². The number of carbonyl (C=O) groups excluding carboxylic acids is 5. The summed E-state index contributed by atoms with van der Waals surface area (Å²) in [6, 6.07) is 0. The number of epoxide rings is 2. The first-order chi connectivity index (χ1) is 28.7. The molecule has 3 aliphatic heterocycles. The van der Waals surface area contributed by atoms with Crippen molar-refractivity contribution in [3.63, 3.8) is 0 Å². The smallest absolute Gasteiger partial charge is 0.309 e. The van der Waals surface area contributed by atoms with Crippen LogP contribution < -0.4 is 0 Å². The van der Waals surface area contributed by atoms with Crippen LogP contribution >= 0.6 is 0 Å². The molecular formula is C48H62O13. The zero-order chi connectivity index (χ0) is 43.5. The van der Waals surface area contributed by atoms with Crippen LogP contribution in [0.1, 0.15) is 130 Å². The number of carbonyl (C=O) groups is 6. The molecule has 13 heteroatoms. The van der Waals surface area contributed by atoms with Crippen LogP contribution in [0.25, 0.3) is 0 Å². The maximum Gasteiger partial charge on any atom is 0.309 e. The van der Waals surface area contributed by atoms with Crippen LogP contribution in [-0.2, 0) is 52.5 Å². The lowest BCUT2D eigenvalue weighted by molar-refractivity contribution is -0.172. The molecule has 0 aromatic heterocycles. The van der Waals surface area contributed by atoms with Crippen molar-refractivity contribution in [3.8, 4) is 0 Å². The number of carboxylic acid groups (broad SMARTS) is 1. The van der Waals surface area contributed by atoms with E-state index in [4.69, 9.17) is 23.7 Å². The van der Waals surface area contributed by atoms with Gasteiger partial charge in [-0.1, -0.05) is 38.8 Å². The third-order valence-electron chi connectivity index (χ3n) is 20.2. The molecule has 6 saturated carbocycles. The van der Waals surface area contributed by atoms with Crippen molar-refractivity contribution in [2.45, 2.75) is 165 Å². The summed E-state index contributed by atoms with van der Waals surface area (Å²) < 4.78 is 29.7. The first-order valence-corrected chi connectivity index (χ1v) is 22.9. The zero-order valence-corrected chi connectivity index (χ0v) is 36.5. The number of hydrogen-bond acceptors (Lipinski definition) is 12. The number of esters is 3. The van der Waals surface area contributed by atoms with Crippen molar-refractivity contribution in [2.75, 3.05) is 14.2 Å². The predicted molar refractivity (Wildman–Crippen MR) is 214 cm³/mol. The molecule has 13 nitrogen and oxygen atoms in total. The van der Waals surface area contributed by atoms with Crippen LogP contribution in [0.5, 0.6) is 0 Å². The van der Waals surface area contributed by atoms with Crippen LogP contribution in [0.15, 0.2) is 23.3 Å². The molecule has 0 amide bonds. The summed E-state index contributed by atoms with van der Waals surface area (Å²) in [5.41, 5.74) is -1.60. The van der Waals surface area contributed by atoms with Crippen molar-refractivity contribution in [1.29, 1.82) is 0 Å². The van der Waals surface area contributed by atoms with Crippen LogP contribution in [0, 0.1) is 57.2 Å². The molecule has 2 N–H and O–H groups in total. The first kappa shape index (κ1) is 41.6. The second-order valence-corrected chi connectivity index (χ2v) is 21.9. The summed E-state index contributed by atoms with van der Waals surface area (Å²) in [6.07, 6.45) is 13.0. The van der Waals surface area contributed by atoms with Crippen molar-refractivity contribution in [3.05, 3.63) is 23.3 Å². The SMILES string of the molecule is COC(=O)[C@@H]1CC2=CC(=O)CC[C@]2(C)[C@@]23O[C@@H]2C[C@@]2(C)[C@@H](CC[C@@]24CCC(=O)O4)[C@H]13.COC(=O)[C@@H]1CC2=CC(=O)CC[C@]2(C)[C@@]23O[C@@H]2C[C@@]2(C)[C@@H](CC[C@]2(O)CCC(=O)O)[C@H]13. The van der Waals surface area contributed by atoms with Gasteiger partial charge in [0.25, 0.3) is 0 Å². The number of aliphatic hydroxyl groups is 1. The Bertz CT molecular complexity index is 2090. The van der Waals surface area contributed by atoms with Gasteiger partial charge < -0.3 is 33.9 Å². The summed E-state index contributed by atoms with van der Waals surface area (Å²) >= 11 is 0. The lowest BCUT2D eigenvalue weighted by Crippen LogP contribution is -2.63. The van der Waals surface area contributed by atoms with Crippen molar-refractivity contribution >= 4 is 35.4 Å². The van der Waals surface area contributed by atoms with E-state index in [1.807, 2.05) is 0 Å². The third-order valence-corrected chi connectivity index (χ3v) is 20.2. The molecule has 0 radical (unpaired) electrons. The first-order valence-electron chi connectivity index (χ1n) is 22.9. The molecule has 3 heterocycles. The van der Waals surface area contributed by atoms with Crippen LogP contribution in [0.4, 0.5) is 0 Å². The highest BCUT2D eigenvalue weighted by molar-refractivity contribution is 5.93. The Morgan fingerprint density at radius 3 is 1.67 bits per heavy atom. The van der Waals surface area contributed by atoms with Gasteiger partial charge in [-0.3, -0.25) is 28.8 Å². The monoisotopic (exact) mass is 846 g/mol. The molecule has 332 valence electrons. The molecule has 0 bridgehead atoms. The van der Waals surface area contributed by atoms with Gasteiger partial charge in [-0.05, 0) is 101 Å². The minimum Gasteiger partial charge on any atom is -0.481 e. The number of aliphatic carboxylic acids is 1.